The van der Waals surface area contributed by atoms with Crippen LogP contribution in [-0.4, -0.2) is 16.3 Å². The third-order valence-electron chi connectivity index (χ3n) is 4.74. The maximum atomic E-state index is 13.2. The molecule has 0 spiro atoms. The third kappa shape index (κ3) is 2.32. The number of benzene rings is 1. The van der Waals surface area contributed by atoms with Crippen molar-refractivity contribution in [2.45, 2.75) is 57.7 Å². The van der Waals surface area contributed by atoms with E-state index in [4.69, 9.17) is 0 Å². The van der Waals surface area contributed by atoms with Crippen LogP contribution in [0.4, 0.5) is 13.2 Å². The molecule has 0 bridgehead atoms. The van der Waals surface area contributed by atoms with E-state index in [9.17, 15) is 18.3 Å². The zero-order valence-electron chi connectivity index (χ0n) is 12.8. The Bertz CT molecular complexity index is 713. The Morgan fingerprint density at radius 3 is 2.23 bits per heavy atom. The van der Waals surface area contributed by atoms with Gasteiger partial charge in [0.05, 0.1) is 0 Å². The Morgan fingerprint density at radius 2 is 1.64 bits per heavy atom. The van der Waals surface area contributed by atoms with Gasteiger partial charge in [0, 0.05) is 22.2 Å². The largest absolute Gasteiger partial charge is 0.421 e. The van der Waals surface area contributed by atoms with E-state index in [0.717, 1.165) is 44.6 Å². The van der Waals surface area contributed by atoms with Crippen LogP contribution in [0, 0.1) is 6.92 Å². The molecule has 0 radical (unpaired) electrons. The second kappa shape index (κ2) is 5.01. The number of alkyl halides is 3. The van der Waals surface area contributed by atoms with E-state index < -0.39 is 11.8 Å². The second-order valence-corrected chi connectivity index (χ2v) is 6.42. The van der Waals surface area contributed by atoms with Gasteiger partial charge < -0.3 is 10.1 Å². The van der Waals surface area contributed by atoms with Crippen molar-refractivity contribution in [3.05, 3.63) is 34.5 Å². The maximum absolute atomic E-state index is 13.2. The SMILES string of the molecule is Cc1[nH]c2cc3c(cc2c1C(C)(O)C(F)(F)F)CCCCC3. The summed E-state index contributed by atoms with van der Waals surface area (Å²) in [5.74, 6) is 0. The van der Waals surface area contributed by atoms with Crippen molar-refractivity contribution in [1.82, 2.24) is 4.98 Å². The lowest BCUT2D eigenvalue weighted by molar-refractivity contribution is -0.258. The first-order chi connectivity index (χ1) is 10.2. The number of rotatable bonds is 1. The van der Waals surface area contributed by atoms with Gasteiger partial charge in [0.1, 0.15) is 0 Å². The van der Waals surface area contributed by atoms with Crippen LogP contribution in [0.15, 0.2) is 12.1 Å². The summed E-state index contributed by atoms with van der Waals surface area (Å²) in [6.45, 7) is 2.41. The fraction of sp³-hybridized carbons (Fsp3) is 0.529. The molecule has 2 nitrogen and oxygen atoms in total. The molecule has 1 aromatic carbocycles. The zero-order valence-corrected chi connectivity index (χ0v) is 12.8. The fourth-order valence-corrected chi connectivity index (χ4v) is 3.51. The number of aliphatic hydroxyl groups is 1. The van der Waals surface area contributed by atoms with Crippen molar-refractivity contribution >= 4 is 10.9 Å². The minimum atomic E-state index is -4.71. The lowest BCUT2D eigenvalue weighted by Crippen LogP contribution is -2.39. The number of aromatic nitrogens is 1. The highest BCUT2D eigenvalue weighted by Gasteiger charge is 2.53. The predicted molar refractivity (Wildman–Crippen MR) is 79.9 cm³/mol. The Hall–Kier alpha value is -1.49. The van der Waals surface area contributed by atoms with Crippen LogP contribution < -0.4 is 0 Å². The molecular formula is C17H20F3NO. The van der Waals surface area contributed by atoms with E-state index >= 15 is 0 Å². The average molecular weight is 311 g/mol. The van der Waals surface area contributed by atoms with Gasteiger partial charge in [0.2, 0.25) is 0 Å². The van der Waals surface area contributed by atoms with Crippen molar-refractivity contribution in [3.8, 4) is 0 Å². The first-order valence-electron chi connectivity index (χ1n) is 7.65. The summed E-state index contributed by atoms with van der Waals surface area (Å²) in [5.41, 5.74) is 0.471. The molecule has 1 aliphatic rings. The van der Waals surface area contributed by atoms with E-state index in [0.29, 0.717) is 16.6 Å². The third-order valence-corrected chi connectivity index (χ3v) is 4.74. The Labute approximate surface area is 127 Å². The normalized spacial score (nSPS) is 18.8. The molecule has 5 heteroatoms. The minimum absolute atomic E-state index is 0.0537. The predicted octanol–water partition coefficient (Wildman–Crippen LogP) is 4.52. The fourth-order valence-electron chi connectivity index (χ4n) is 3.51. The van der Waals surface area contributed by atoms with Crippen LogP contribution in [0.25, 0.3) is 10.9 Å². The molecule has 1 aromatic heterocycles. The van der Waals surface area contributed by atoms with E-state index in [1.165, 1.54) is 5.56 Å². The number of nitrogens with one attached hydrogen (secondary N) is 1. The number of aryl methyl sites for hydroxylation is 3. The molecule has 0 saturated carbocycles. The Morgan fingerprint density at radius 1 is 1.05 bits per heavy atom. The van der Waals surface area contributed by atoms with Gasteiger partial charge in [-0.05, 0) is 62.8 Å². The molecule has 1 unspecified atom stereocenters. The molecule has 0 amide bonds. The zero-order chi connectivity index (χ0) is 16.1. The number of hydrogen-bond acceptors (Lipinski definition) is 1. The van der Waals surface area contributed by atoms with Gasteiger partial charge in [-0.3, -0.25) is 0 Å². The van der Waals surface area contributed by atoms with Crippen LogP contribution in [-0.2, 0) is 18.4 Å². The Kier molecular flexibility index (Phi) is 3.51. The summed E-state index contributed by atoms with van der Waals surface area (Å²) in [6, 6.07) is 3.80. The molecule has 1 atom stereocenters. The molecule has 1 heterocycles. The van der Waals surface area contributed by atoms with E-state index in [2.05, 4.69) is 4.98 Å². The summed E-state index contributed by atoms with van der Waals surface area (Å²) < 4.78 is 39.7. The van der Waals surface area contributed by atoms with Gasteiger partial charge in [-0.2, -0.15) is 13.2 Å². The lowest BCUT2D eigenvalue weighted by Gasteiger charge is -2.27. The standard InChI is InChI=1S/C17H20F3NO/c1-10-15(16(2,22)17(18,19)20)13-8-11-6-4-3-5-7-12(11)9-14(13)21-10/h8-9,21-22H,3-7H2,1-2H3. The number of hydrogen-bond donors (Lipinski definition) is 2. The van der Waals surface area contributed by atoms with Crippen molar-refractivity contribution in [1.29, 1.82) is 0 Å². The first kappa shape index (κ1) is 15.4. The molecule has 3 rings (SSSR count). The number of H-pyrrole nitrogens is 1. The van der Waals surface area contributed by atoms with Crippen molar-refractivity contribution in [3.63, 3.8) is 0 Å². The van der Waals surface area contributed by atoms with Gasteiger partial charge in [0.15, 0.2) is 5.60 Å². The monoisotopic (exact) mass is 311 g/mol. The van der Waals surface area contributed by atoms with Crippen LogP contribution in [0.2, 0.25) is 0 Å². The lowest BCUT2D eigenvalue weighted by atomic mass is 9.90. The molecule has 2 aromatic rings. The molecule has 0 saturated heterocycles. The van der Waals surface area contributed by atoms with Crippen LogP contribution in [0.5, 0.6) is 0 Å². The number of aromatic amines is 1. The number of fused-ring (bicyclic) bond motifs is 2. The summed E-state index contributed by atoms with van der Waals surface area (Å²) >= 11 is 0. The second-order valence-electron chi connectivity index (χ2n) is 6.42. The van der Waals surface area contributed by atoms with Crippen molar-refractivity contribution in [2.75, 3.05) is 0 Å². The molecule has 120 valence electrons. The van der Waals surface area contributed by atoms with Crippen LogP contribution >= 0.6 is 0 Å². The van der Waals surface area contributed by atoms with Crippen LogP contribution in [0.3, 0.4) is 0 Å². The summed E-state index contributed by atoms with van der Waals surface area (Å²) in [7, 11) is 0. The molecule has 0 fully saturated rings. The first-order valence-corrected chi connectivity index (χ1v) is 7.65. The van der Waals surface area contributed by atoms with Crippen LogP contribution in [0.1, 0.15) is 48.6 Å². The molecular weight excluding hydrogens is 291 g/mol. The summed E-state index contributed by atoms with van der Waals surface area (Å²) in [5, 5.41) is 10.6. The van der Waals surface area contributed by atoms with Crippen molar-refractivity contribution in [2.24, 2.45) is 0 Å². The highest BCUT2D eigenvalue weighted by atomic mass is 19.4. The highest BCUT2D eigenvalue weighted by molar-refractivity contribution is 5.87. The maximum Gasteiger partial charge on any atom is 0.421 e. The highest BCUT2D eigenvalue weighted by Crippen LogP contribution is 2.43. The average Bonchev–Trinajstić information content (AvgIpc) is 2.56. The molecule has 22 heavy (non-hydrogen) atoms. The quantitative estimate of drug-likeness (QED) is 0.747. The summed E-state index contributed by atoms with van der Waals surface area (Å²) in [4.78, 5) is 3.02. The van der Waals surface area contributed by atoms with Gasteiger partial charge in [-0.15, -0.1) is 0 Å². The topological polar surface area (TPSA) is 36.0 Å². The molecule has 0 aliphatic heterocycles. The van der Waals surface area contributed by atoms with Gasteiger partial charge in [-0.1, -0.05) is 6.42 Å². The van der Waals surface area contributed by atoms with Gasteiger partial charge in [-0.25, -0.2) is 0 Å². The van der Waals surface area contributed by atoms with E-state index in [1.807, 2.05) is 12.1 Å². The number of halogens is 3. The van der Waals surface area contributed by atoms with Crippen molar-refractivity contribution < 1.29 is 18.3 Å². The Balaban J connectivity index is 2.24. The minimum Gasteiger partial charge on any atom is -0.376 e. The van der Waals surface area contributed by atoms with Gasteiger partial charge >= 0.3 is 6.18 Å². The smallest absolute Gasteiger partial charge is 0.376 e. The van der Waals surface area contributed by atoms with E-state index in [1.54, 1.807) is 6.92 Å². The molecule has 1 aliphatic carbocycles. The van der Waals surface area contributed by atoms with Gasteiger partial charge in [0.25, 0.3) is 0 Å². The summed E-state index contributed by atoms with van der Waals surface area (Å²) in [6.07, 6.45) is 0.476. The van der Waals surface area contributed by atoms with E-state index in [-0.39, 0.29) is 5.56 Å². The molecule has 2 N–H and O–H groups in total.